The molecule has 6 nitrogen and oxygen atoms in total. The highest BCUT2D eigenvalue weighted by Gasteiger charge is 2.15. The average Bonchev–Trinajstić information content (AvgIpc) is 2.41. The Bertz CT molecular complexity index is 825. The van der Waals surface area contributed by atoms with Crippen molar-refractivity contribution in [2.75, 3.05) is 23.5 Å². The molecule has 1 aromatic carbocycles. The normalized spacial score (nSPS) is 11.5. The lowest BCUT2D eigenvalue weighted by atomic mass is 10.2. The molecule has 0 aliphatic heterocycles. The molecule has 22 heavy (non-hydrogen) atoms. The first-order valence-corrected chi connectivity index (χ1v) is 9.36. The summed E-state index contributed by atoms with van der Waals surface area (Å²) in [5.41, 5.74) is 18.1. The zero-order valence-corrected chi connectivity index (χ0v) is 14.1. The highest BCUT2D eigenvalue weighted by atomic mass is 35.5. The molecule has 118 valence electrons. The van der Waals surface area contributed by atoms with Crippen molar-refractivity contribution < 1.29 is 8.42 Å². The van der Waals surface area contributed by atoms with Gasteiger partial charge in [-0.1, -0.05) is 17.7 Å². The molecular formula is C13H15ClN4O2S2. The second-order valence-electron chi connectivity index (χ2n) is 4.66. The number of sulfone groups is 1. The van der Waals surface area contributed by atoms with E-state index in [-0.39, 0.29) is 16.5 Å². The lowest BCUT2D eigenvalue weighted by Gasteiger charge is -2.11. The number of nitrogens with two attached hydrogens (primary N) is 3. The van der Waals surface area contributed by atoms with Crippen LogP contribution in [0.1, 0.15) is 5.56 Å². The van der Waals surface area contributed by atoms with Gasteiger partial charge in [-0.3, -0.25) is 0 Å². The van der Waals surface area contributed by atoms with Crippen LogP contribution in [0.5, 0.6) is 0 Å². The van der Waals surface area contributed by atoms with Crippen molar-refractivity contribution in [1.82, 2.24) is 4.98 Å². The number of nitrogen functional groups attached to an aromatic ring is 3. The van der Waals surface area contributed by atoms with Gasteiger partial charge in [-0.15, -0.1) is 11.8 Å². The highest BCUT2D eigenvalue weighted by Crippen LogP contribution is 2.34. The smallest absolute Gasteiger partial charge is 0.175 e. The summed E-state index contributed by atoms with van der Waals surface area (Å²) < 4.78 is 23.7. The van der Waals surface area contributed by atoms with Crippen LogP contribution >= 0.6 is 23.4 Å². The molecule has 2 aromatic rings. The van der Waals surface area contributed by atoms with Crippen LogP contribution in [0.3, 0.4) is 0 Å². The molecule has 2 rings (SSSR count). The summed E-state index contributed by atoms with van der Waals surface area (Å²) in [6.45, 7) is 0. The van der Waals surface area contributed by atoms with E-state index in [4.69, 9.17) is 28.8 Å². The maximum atomic E-state index is 11.8. The van der Waals surface area contributed by atoms with Gasteiger partial charge in [0.25, 0.3) is 0 Å². The zero-order chi connectivity index (χ0) is 16.5. The monoisotopic (exact) mass is 358 g/mol. The quantitative estimate of drug-likeness (QED) is 0.715. The van der Waals surface area contributed by atoms with Gasteiger partial charge in [0.15, 0.2) is 9.84 Å². The third-order valence-electron chi connectivity index (χ3n) is 2.88. The van der Waals surface area contributed by atoms with Crippen LogP contribution in [-0.4, -0.2) is 19.7 Å². The third-order valence-corrected chi connectivity index (χ3v) is 5.40. The van der Waals surface area contributed by atoms with E-state index in [1.807, 2.05) is 0 Å². The number of halogens is 1. The van der Waals surface area contributed by atoms with Gasteiger partial charge >= 0.3 is 0 Å². The van der Waals surface area contributed by atoms with Crippen LogP contribution in [-0.2, 0) is 15.6 Å². The molecule has 0 saturated heterocycles. The van der Waals surface area contributed by atoms with Crippen molar-refractivity contribution in [1.29, 1.82) is 0 Å². The number of rotatable bonds is 4. The Morgan fingerprint density at radius 1 is 1.23 bits per heavy atom. The van der Waals surface area contributed by atoms with E-state index in [9.17, 15) is 8.42 Å². The Balaban J connectivity index is 2.34. The van der Waals surface area contributed by atoms with Crippen LogP contribution in [0.4, 0.5) is 17.3 Å². The highest BCUT2D eigenvalue weighted by molar-refractivity contribution is 7.98. The van der Waals surface area contributed by atoms with E-state index in [0.29, 0.717) is 26.9 Å². The van der Waals surface area contributed by atoms with Crippen molar-refractivity contribution in [3.8, 4) is 0 Å². The Hall–Kier alpha value is -1.64. The minimum Gasteiger partial charge on any atom is -0.395 e. The fourth-order valence-corrected chi connectivity index (χ4v) is 4.15. The number of hydrogen-bond acceptors (Lipinski definition) is 7. The average molecular weight is 359 g/mol. The molecule has 0 unspecified atom stereocenters. The number of anilines is 3. The lowest BCUT2D eigenvalue weighted by Crippen LogP contribution is -2.04. The fraction of sp³-hybridized carbons (Fsp3) is 0.154. The summed E-state index contributed by atoms with van der Waals surface area (Å²) in [5, 5.41) is 0.367. The molecule has 0 bridgehead atoms. The van der Waals surface area contributed by atoms with Crippen molar-refractivity contribution in [2.24, 2.45) is 0 Å². The minimum absolute atomic E-state index is 0.155. The molecule has 9 heteroatoms. The van der Waals surface area contributed by atoms with Gasteiger partial charge in [0.05, 0.1) is 10.6 Å². The molecule has 0 radical (unpaired) electrons. The summed E-state index contributed by atoms with van der Waals surface area (Å²) in [6, 6.07) is 6.36. The standard InChI is InChI=1S/C13H15ClN4O2S2/c1-22(19,20)10-4-8(14)3-2-7(10)6-21-9-5-11(15)18-13(17)12(9)16/h2-5H,6,16H2,1H3,(H4,15,17,18). The van der Waals surface area contributed by atoms with E-state index in [0.717, 1.165) is 6.26 Å². The van der Waals surface area contributed by atoms with Gasteiger partial charge in [-0.05, 0) is 23.8 Å². The Morgan fingerprint density at radius 3 is 2.55 bits per heavy atom. The molecule has 1 aromatic heterocycles. The number of pyridine rings is 1. The third kappa shape index (κ3) is 3.76. The molecule has 0 aliphatic carbocycles. The van der Waals surface area contributed by atoms with E-state index in [2.05, 4.69) is 4.98 Å². The van der Waals surface area contributed by atoms with Crippen molar-refractivity contribution in [3.05, 3.63) is 34.9 Å². The largest absolute Gasteiger partial charge is 0.395 e. The van der Waals surface area contributed by atoms with Crippen LogP contribution in [0.2, 0.25) is 5.02 Å². The summed E-state index contributed by atoms with van der Waals surface area (Å²) in [7, 11) is -3.38. The van der Waals surface area contributed by atoms with Gasteiger partial charge < -0.3 is 17.2 Å². The second-order valence-corrected chi connectivity index (χ2v) is 8.09. The second kappa shape index (κ2) is 6.23. The maximum absolute atomic E-state index is 11.8. The summed E-state index contributed by atoms with van der Waals surface area (Å²) >= 11 is 7.21. The molecule has 0 spiro atoms. The predicted octanol–water partition coefficient (Wildman–Crippen LogP) is 2.18. The maximum Gasteiger partial charge on any atom is 0.175 e. The first-order valence-electron chi connectivity index (χ1n) is 6.11. The number of hydrogen-bond donors (Lipinski definition) is 3. The number of benzene rings is 1. The Kier molecular flexibility index (Phi) is 4.74. The molecule has 6 N–H and O–H groups in total. The number of aromatic nitrogens is 1. The van der Waals surface area contributed by atoms with Crippen LogP contribution in [0.25, 0.3) is 0 Å². The van der Waals surface area contributed by atoms with Gasteiger partial charge in [-0.2, -0.15) is 0 Å². The Labute approximate surface area is 138 Å². The summed E-state index contributed by atoms with van der Waals surface area (Å²) in [4.78, 5) is 4.71. The van der Waals surface area contributed by atoms with Gasteiger partial charge in [0.1, 0.15) is 11.6 Å². The van der Waals surface area contributed by atoms with E-state index in [1.54, 1.807) is 18.2 Å². The minimum atomic E-state index is -3.38. The molecule has 0 aliphatic rings. The lowest BCUT2D eigenvalue weighted by molar-refractivity contribution is 0.601. The van der Waals surface area contributed by atoms with Gasteiger partial charge in [-0.25, -0.2) is 13.4 Å². The molecular weight excluding hydrogens is 344 g/mol. The number of nitrogens with zero attached hydrogens (tertiary/aromatic N) is 1. The van der Waals surface area contributed by atoms with E-state index >= 15 is 0 Å². The van der Waals surface area contributed by atoms with E-state index < -0.39 is 9.84 Å². The summed E-state index contributed by atoms with van der Waals surface area (Å²) in [5.74, 6) is 0.794. The molecule has 0 fully saturated rings. The SMILES string of the molecule is CS(=O)(=O)c1cc(Cl)ccc1CSc1cc(N)nc(N)c1N. The molecule has 1 heterocycles. The van der Waals surface area contributed by atoms with Gasteiger partial charge in [0.2, 0.25) is 0 Å². The fourth-order valence-electron chi connectivity index (χ4n) is 1.84. The van der Waals surface area contributed by atoms with E-state index in [1.165, 1.54) is 17.8 Å². The van der Waals surface area contributed by atoms with Gasteiger partial charge in [0, 0.05) is 21.9 Å². The Morgan fingerprint density at radius 2 is 1.91 bits per heavy atom. The predicted molar refractivity (Wildman–Crippen MR) is 91.6 cm³/mol. The number of thioether (sulfide) groups is 1. The zero-order valence-electron chi connectivity index (χ0n) is 11.7. The molecule has 0 atom stereocenters. The van der Waals surface area contributed by atoms with Crippen LogP contribution in [0.15, 0.2) is 34.1 Å². The van der Waals surface area contributed by atoms with Crippen molar-refractivity contribution in [2.45, 2.75) is 15.5 Å². The molecule has 0 saturated carbocycles. The van der Waals surface area contributed by atoms with Crippen molar-refractivity contribution in [3.63, 3.8) is 0 Å². The molecule has 0 amide bonds. The van der Waals surface area contributed by atoms with Crippen LogP contribution in [0, 0.1) is 0 Å². The summed E-state index contributed by atoms with van der Waals surface area (Å²) in [6.07, 6.45) is 1.14. The topological polar surface area (TPSA) is 125 Å². The first-order chi connectivity index (χ1) is 10.2. The first kappa shape index (κ1) is 16.7. The van der Waals surface area contributed by atoms with Crippen LogP contribution < -0.4 is 17.2 Å². The van der Waals surface area contributed by atoms with Crippen molar-refractivity contribution >= 4 is 50.5 Å².